The number of amidine groups is 1. The molecule has 0 spiro atoms. The third-order valence-corrected chi connectivity index (χ3v) is 6.07. The van der Waals surface area contributed by atoms with Crippen LogP contribution in [0.1, 0.15) is 31.9 Å². The van der Waals surface area contributed by atoms with Crippen LogP contribution in [0.3, 0.4) is 0 Å². The van der Waals surface area contributed by atoms with Crippen LogP contribution in [0.25, 0.3) is 0 Å². The lowest BCUT2D eigenvalue weighted by Gasteiger charge is -2.33. The maximum Gasteiger partial charge on any atom is 0.338 e. The number of thioether (sulfide) groups is 1. The fraction of sp³-hybridized carbons (Fsp3) is 0.353. The lowest BCUT2D eigenvalue weighted by molar-refractivity contribution is -0.137. The van der Waals surface area contributed by atoms with Crippen LogP contribution in [-0.2, 0) is 14.3 Å². The molecule has 0 aromatic heterocycles. The summed E-state index contributed by atoms with van der Waals surface area (Å²) >= 11 is 13.8. The Hall–Kier alpha value is -1.50. The summed E-state index contributed by atoms with van der Waals surface area (Å²) in [5.41, 5.74) is 1.44. The summed E-state index contributed by atoms with van der Waals surface area (Å²) in [6.45, 7) is 3.68. The van der Waals surface area contributed by atoms with E-state index in [0.29, 0.717) is 38.5 Å². The standard InChI is InChI=1S/C17H16Cl2N2O3S/c1-4-12-15(22)21-14(10-6-5-9(18)7-11(10)19)13(16(23)24-3)8(2)20-17(21)25-12/h5-7,12,14H,4H2,1-3H3/t12-,14+/m1/s1. The molecule has 8 heteroatoms. The van der Waals surface area contributed by atoms with Crippen molar-refractivity contribution < 1.29 is 14.3 Å². The first-order valence-corrected chi connectivity index (χ1v) is 9.35. The number of carbonyl (C=O) groups is 2. The highest BCUT2D eigenvalue weighted by atomic mass is 35.5. The number of methoxy groups -OCH3 is 1. The van der Waals surface area contributed by atoms with Crippen LogP contribution in [0.4, 0.5) is 0 Å². The first-order valence-electron chi connectivity index (χ1n) is 7.71. The van der Waals surface area contributed by atoms with Gasteiger partial charge in [0.05, 0.1) is 29.7 Å². The fourth-order valence-corrected chi connectivity index (χ4v) is 4.62. The third kappa shape index (κ3) is 3.07. The van der Waals surface area contributed by atoms with E-state index in [1.54, 1.807) is 30.0 Å². The molecule has 2 aliphatic rings. The van der Waals surface area contributed by atoms with Gasteiger partial charge in [-0.2, -0.15) is 0 Å². The highest BCUT2D eigenvalue weighted by Gasteiger charge is 2.47. The Kier molecular flexibility index (Phi) is 5.14. The average molecular weight is 399 g/mol. The molecule has 2 heterocycles. The van der Waals surface area contributed by atoms with Crippen molar-refractivity contribution in [2.24, 2.45) is 4.99 Å². The van der Waals surface area contributed by atoms with Gasteiger partial charge in [0.25, 0.3) is 0 Å². The number of carbonyl (C=O) groups excluding carboxylic acids is 2. The van der Waals surface area contributed by atoms with E-state index in [-0.39, 0.29) is 11.2 Å². The van der Waals surface area contributed by atoms with Crippen LogP contribution < -0.4 is 0 Å². The Labute approximate surface area is 160 Å². The molecule has 1 amide bonds. The smallest absolute Gasteiger partial charge is 0.338 e. The van der Waals surface area contributed by atoms with E-state index in [4.69, 9.17) is 27.9 Å². The molecule has 0 radical (unpaired) electrons. The van der Waals surface area contributed by atoms with Gasteiger partial charge in [-0.05, 0) is 31.0 Å². The number of hydrogen-bond donors (Lipinski definition) is 0. The van der Waals surface area contributed by atoms with Crippen molar-refractivity contribution in [1.29, 1.82) is 0 Å². The van der Waals surface area contributed by atoms with Crippen LogP contribution in [-0.4, -0.2) is 34.3 Å². The van der Waals surface area contributed by atoms with Crippen LogP contribution >= 0.6 is 35.0 Å². The maximum absolute atomic E-state index is 12.9. The summed E-state index contributed by atoms with van der Waals surface area (Å²) in [4.78, 5) is 31.3. The van der Waals surface area contributed by atoms with E-state index in [0.717, 1.165) is 0 Å². The van der Waals surface area contributed by atoms with Crippen molar-refractivity contribution in [3.63, 3.8) is 0 Å². The van der Waals surface area contributed by atoms with Crippen LogP contribution in [0.2, 0.25) is 10.0 Å². The van der Waals surface area contributed by atoms with Gasteiger partial charge in [0, 0.05) is 10.0 Å². The number of esters is 1. The maximum atomic E-state index is 12.9. The Morgan fingerprint density at radius 1 is 1.40 bits per heavy atom. The molecule has 1 saturated heterocycles. The molecular formula is C17H16Cl2N2O3S. The minimum absolute atomic E-state index is 0.0869. The van der Waals surface area contributed by atoms with Crippen molar-refractivity contribution in [3.8, 4) is 0 Å². The Morgan fingerprint density at radius 2 is 2.12 bits per heavy atom. The molecule has 2 aliphatic heterocycles. The monoisotopic (exact) mass is 398 g/mol. The topological polar surface area (TPSA) is 59.0 Å². The number of halogens is 2. The predicted octanol–water partition coefficient (Wildman–Crippen LogP) is 4.21. The number of rotatable bonds is 3. The number of nitrogens with zero attached hydrogens (tertiary/aromatic N) is 2. The SMILES string of the molecule is CC[C@H]1SC2=NC(C)=C(C(=O)OC)[C@H](c3ccc(Cl)cc3Cl)N2C1=O. The summed E-state index contributed by atoms with van der Waals surface area (Å²) < 4.78 is 4.93. The zero-order valence-corrected chi connectivity index (χ0v) is 16.2. The van der Waals surface area contributed by atoms with E-state index >= 15 is 0 Å². The van der Waals surface area contributed by atoms with Crippen molar-refractivity contribution in [3.05, 3.63) is 45.1 Å². The van der Waals surface area contributed by atoms with Gasteiger partial charge < -0.3 is 4.74 Å². The van der Waals surface area contributed by atoms with Crippen LogP contribution in [0.15, 0.2) is 34.5 Å². The van der Waals surface area contributed by atoms with Crippen LogP contribution in [0, 0.1) is 0 Å². The molecule has 0 saturated carbocycles. The van der Waals surface area contributed by atoms with Gasteiger partial charge in [0.1, 0.15) is 0 Å². The lowest BCUT2D eigenvalue weighted by atomic mass is 9.94. The van der Waals surface area contributed by atoms with E-state index in [1.165, 1.54) is 18.9 Å². The molecule has 3 rings (SSSR count). The normalized spacial score (nSPS) is 22.8. The molecule has 1 fully saturated rings. The largest absolute Gasteiger partial charge is 0.466 e. The first kappa shape index (κ1) is 18.3. The summed E-state index contributed by atoms with van der Waals surface area (Å²) in [6.07, 6.45) is 0.673. The number of hydrogen-bond acceptors (Lipinski definition) is 5. The zero-order chi connectivity index (χ0) is 18.3. The summed E-state index contributed by atoms with van der Waals surface area (Å²) in [7, 11) is 1.30. The quantitative estimate of drug-likeness (QED) is 0.715. The van der Waals surface area contributed by atoms with E-state index in [2.05, 4.69) is 4.99 Å². The van der Waals surface area contributed by atoms with Gasteiger partial charge in [0.2, 0.25) is 5.91 Å². The number of amides is 1. The molecule has 0 unspecified atom stereocenters. The minimum Gasteiger partial charge on any atom is -0.466 e. The number of benzene rings is 1. The number of aliphatic imine (C=N–C) groups is 1. The van der Waals surface area contributed by atoms with E-state index in [9.17, 15) is 9.59 Å². The van der Waals surface area contributed by atoms with Gasteiger partial charge in [-0.25, -0.2) is 9.79 Å². The van der Waals surface area contributed by atoms with Crippen molar-refractivity contribution in [2.75, 3.05) is 7.11 Å². The van der Waals surface area contributed by atoms with Crippen LogP contribution in [0.5, 0.6) is 0 Å². The highest BCUT2D eigenvalue weighted by molar-refractivity contribution is 8.15. The second-order valence-electron chi connectivity index (χ2n) is 5.68. The highest BCUT2D eigenvalue weighted by Crippen LogP contribution is 2.45. The molecule has 5 nitrogen and oxygen atoms in total. The lowest BCUT2D eigenvalue weighted by Crippen LogP contribution is -2.40. The Morgan fingerprint density at radius 3 is 2.72 bits per heavy atom. The van der Waals surface area contributed by atoms with Gasteiger partial charge in [0.15, 0.2) is 5.17 Å². The second-order valence-corrected chi connectivity index (χ2v) is 7.69. The second kappa shape index (κ2) is 7.02. The molecule has 0 N–H and O–H groups in total. The molecule has 25 heavy (non-hydrogen) atoms. The van der Waals surface area contributed by atoms with Gasteiger partial charge in [-0.15, -0.1) is 0 Å². The van der Waals surface area contributed by atoms with Gasteiger partial charge in [-0.1, -0.05) is 48.0 Å². The number of allylic oxidation sites excluding steroid dienone is 1. The predicted molar refractivity (Wildman–Crippen MR) is 99.9 cm³/mol. The van der Waals surface area contributed by atoms with Crippen molar-refractivity contribution in [1.82, 2.24) is 4.90 Å². The van der Waals surface area contributed by atoms with Gasteiger partial charge in [-0.3, -0.25) is 9.69 Å². The fourth-order valence-electron chi connectivity index (χ4n) is 2.98. The van der Waals surface area contributed by atoms with Gasteiger partial charge >= 0.3 is 5.97 Å². The number of fused-ring (bicyclic) bond motifs is 1. The molecule has 1 aromatic carbocycles. The molecular weight excluding hydrogens is 383 g/mol. The molecule has 132 valence electrons. The summed E-state index contributed by atoms with van der Waals surface area (Å²) in [5, 5.41) is 1.22. The Balaban J connectivity index is 2.20. The minimum atomic E-state index is -0.679. The Bertz CT molecular complexity index is 822. The van der Waals surface area contributed by atoms with E-state index < -0.39 is 12.0 Å². The zero-order valence-electron chi connectivity index (χ0n) is 13.9. The molecule has 0 bridgehead atoms. The number of ether oxygens (including phenoxy) is 1. The van der Waals surface area contributed by atoms with E-state index in [1.807, 2.05) is 6.92 Å². The van der Waals surface area contributed by atoms with Crippen molar-refractivity contribution in [2.45, 2.75) is 31.6 Å². The molecule has 0 aliphatic carbocycles. The summed E-state index contributed by atoms with van der Waals surface area (Å²) in [6, 6.07) is 4.33. The first-order chi connectivity index (χ1) is 11.9. The third-order valence-electron chi connectivity index (χ3n) is 4.18. The summed E-state index contributed by atoms with van der Waals surface area (Å²) in [5.74, 6) is -0.620. The molecule has 2 atom stereocenters. The molecule has 1 aromatic rings. The average Bonchev–Trinajstić information content (AvgIpc) is 2.89. The van der Waals surface area contributed by atoms with Crippen molar-refractivity contribution >= 4 is 52.0 Å².